The zero-order chi connectivity index (χ0) is 12.0. The SMILES string of the molecule is CCC(=O)NC[C@@]12CNC[C@]1(C(F)(F)F)C2. The molecule has 0 aromatic heterocycles. The minimum absolute atomic E-state index is 0.0154. The molecule has 0 aromatic carbocycles. The van der Waals surface area contributed by atoms with Crippen LogP contribution in [0.5, 0.6) is 0 Å². The zero-order valence-electron chi connectivity index (χ0n) is 9.08. The highest BCUT2D eigenvalue weighted by molar-refractivity contribution is 5.75. The van der Waals surface area contributed by atoms with Gasteiger partial charge in [-0.2, -0.15) is 13.2 Å². The van der Waals surface area contributed by atoms with Gasteiger partial charge in [0.1, 0.15) is 0 Å². The number of halogens is 3. The quantitative estimate of drug-likeness (QED) is 0.769. The Balaban J connectivity index is 2.03. The van der Waals surface area contributed by atoms with Crippen LogP contribution in [0.1, 0.15) is 19.8 Å². The van der Waals surface area contributed by atoms with Crippen molar-refractivity contribution in [2.45, 2.75) is 25.9 Å². The normalized spacial score (nSPS) is 37.0. The number of rotatable bonds is 3. The third-order valence-electron chi connectivity index (χ3n) is 3.91. The van der Waals surface area contributed by atoms with Crippen LogP contribution in [0.2, 0.25) is 0 Å². The Bertz CT molecular complexity index is 318. The van der Waals surface area contributed by atoms with Crippen LogP contribution in [-0.2, 0) is 4.79 Å². The fourth-order valence-corrected chi connectivity index (χ4v) is 2.72. The maximum atomic E-state index is 12.9. The van der Waals surface area contributed by atoms with Crippen molar-refractivity contribution in [1.82, 2.24) is 10.6 Å². The van der Waals surface area contributed by atoms with E-state index in [4.69, 9.17) is 0 Å². The van der Waals surface area contributed by atoms with Crippen molar-refractivity contribution in [3.05, 3.63) is 0 Å². The highest BCUT2D eigenvalue weighted by Crippen LogP contribution is 2.72. The molecule has 2 rings (SSSR count). The number of hydrogen-bond acceptors (Lipinski definition) is 2. The first-order valence-corrected chi connectivity index (χ1v) is 5.41. The van der Waals surface area contributed by atoms with E-state index in [1.165, 1.54) is 0 Å². The van der Waals surface area contributed by atoms with Crippen molar-refractivity contribution >= 4 is 5.91 Å². The molecule has 0 bridgehead atoms. The van der Waals surface area contributed by atoms with Crippen molar-refractivity contribution in [2.24, 2.45) is 10.8 Å². The first kappa shape index (κ1) is 11.7. The van der Waals surface area contributed by atoms with Gasteiger partial charge in [-0.1, -0.05) is 6.92 Å². The Kier molecular flexibility index (Phi) is 2.45. The lowest BCUT2D eigenvalue weighted by atomic mass is 9.95. The standard InChI is InChI=1S/C10H15F3N2O/c1-2-7(16)15-5-8-3-9(8,6-14-4-8)10(11,12)13/h14H,2-6H2,1H3,(H,15,16)/t8-,9-/m1/s1. The number of piperidine rings is 1. The van der Waals surface area contributed by atoms with Gasteiger partial charge in [0.2, 0.25) is 5.91 Å². The largest absolute Gasteiger partial charge is 0.396 e. The van der Waals surface area contributed by atoms with E-state index in [1.807, 2.05) is 0 Å². The number of hydrogen-bond donors (Lipinski definition) is 2. The summed E-state index contributed by atoms with van der Waals surface area (Å²) in [5.41, 5.74) is -2.39. The molecule has 1 aliphatic carbocycles. The van der Waals surface area contributed by atoms with Crippen molar-refractivity contribution < 1.29 is 18.0 Å². The second kappa shape index (κ2) is 3.35. The van der Waals surface area contributed by atoms with Gasteiger partial charge in [-0.05, 0) is 6.42 Å². The predicted molar refractivity (Wildman–Crippen MR) is 51.7 cm³/mol. The molecule has 2 atom stereocenters. The van der Waals surface area contributed by atoms with Crippen LogP contribution in [0.4, 0.5) is 13.2 Å². The molecular formula is C10H15F3N2O. The summed E-state index contributed by atoms with van der Waals surface area (Å²) in [6, 6.07) is 0. The highest BCUT2D eigenvalue weighted by Gasteiger charge is 2.81. The van der Waals surface area contributed by atoms with Gasteiger partial charge in [-0.25, -0.2) is 0 Å². The lowest BCUT2D eigenvalue weighted by Gasteiger charge is -2.20. The monoisotopic (exact) mass is 236 g/mol. The summed E-state index contributed by atoms with van der Waals surface area (Å²) >= 11 is 0. The average molecular weight is 236 g/mol. The molecule has 1 amide bonds. The molecule has 0 aromatic rings. The Morgan fingerprint density at radius 2 is 2.12 bits per heavy atom. The van der Waals surface area contributed by atoms with E-state index < -0.39 is 17.0 Å². The summed E-state index contributed by atoms with van der Waals surface area (Å²) < 4.78 is 38.7. The number of alkyl halides is 3. The van der Waals surface area contributed by atoms with Crippen LogP contribution in [0.25, 0.3) is 0 Å². The Labute approximate surface area is 91.8 Å². The first-order valence-electron chi connectivity index (χ1n) is 5.41. The summed E-state index contributed by atoms with van der Waals surface area (Å²) in [7, 11) is 0. The van der Waals surface area contributed by atoms with E-state index in [0.717, 1.165) is 0 Å². The fourth-order valence-electron chi connectivity index (χ4n) is 2.72. The molecular weight excluding hydrogens is 221 g/mol. The van der Waals surface area contributed by atoms with Crippen molar-refractivity contribution in [1.29, 1.82) is 0 Å². The minimum Gasteiger partial charge on any atom is -0.355 e. The smallest absolute Gasteiger partial charge is 0.355 e. The van der Waals surface area contributed by atoms with E-state index >= 15 is 0 Å². The fraction of sp³-hybridized carbons (Fsp3) is 0.900. The van der Waals surface area contributed by atoms with Gasteiger partial charge in [-0.15, -0.1) is 0 Å². The first-order chi connectivity index (χ1) is 7.37. The third-order valence-corrected chi connectivity index (χ3v) is 3.91. The Hall–Kier alpha value is -0.780. The predicted octanol–water partition coefficient (Wildman–Crippen LogP) is 1.05. The van der Waals surface area contributed by atoms with Gasteiger partial charge >= 0.3 is 6.18 Å². The van der Waals surface area contributed by atoms with Crippen molar-refractivity contribution in [3.63, 3.8) is 0 Å². The van der Waals surface area contributed by atoms with E-state index in [0.29, 0.717) is 13.0 Å². The van der Waals surface area contributed by atoms with Crippen molar-refractivity contribution in [2.75, 3.05) is 19.6 Å². The van der Waals surface area contributed by atoms with Crippen LogP contribution in [0.15, 0.2) is 0 Å². The molecule has 1 heterocycles. The van der Waals surface area contributed by atoms with Gasteiger partial charge in [0, 0.05) is 31.5 Å². The molecule has 2 fully saturated rings. The van der Waals surface area contributed by atoms with Crippen LogP contribution in [0, 0.1) is 10.8 Å². The lowest BCUT2D eigenvalue weighted by molar-refractivity contribution is -0.190. The number of fused-ring (bicyclic) bond motifs is 1. The average Bonchev–Trinajstić information content (AvgIpc) is 2.73. The molecule has 0 radical (unpaired) electrons. The molecule has 0 spiro atoms. The van der Waals surface area contributed by atoms with Gasteiger partial charge in [-0.3, -0.25) is 4.79 Å². The molecule has 16 heavy (non-hydrogen) atoms. The molecule has 2 aliphatic rings. The number of carbonyl (C=O) groups excluding carboxylic acids is 1. The number of carbonyl (C=O) groups is 1. The molecule has 0 unspecified atom stereocenters. The molecule has 1 saturated carbocycles. The second-order valence-electron chi connectivity index (χ2n) is 4.77. The van der Waals surface area contributed by atoms with E-state index in [-0.39, 0.29) is 25.4 Å². The van der Waals surface area contributed by atoms with Crippen molar-refractivity contribution in [3.8, 4) is 0 Å². The summed E-state index contributed by atoms with van der Waals surface area (Å²) in [4.78, 5) is 11.1. The highest BCUT2D eigenvalue weighted by atomic mass is 19.4. The molecule has 92 valence electrons. The van der Waals surface area contributed by atoms with Gasteiger partial charge in [0.15, 0.2) is 0 Å². The third kappa shape index (κ3) is 1.43. The van der Waals surface area contributed by atoms with E-state index in [2.05, 4.69) is 10.6 Å². The van der Waals surface area contributed by atoms with Gasteiger partial charge < -0.3 is 10.6 Å². The van der Waals surface area contributed by atoms with Gasteiger partial charge in [0.05, 0.1) is 5.41 Å². The Morgan fingerprint density at radius 1 is 1.44 bits per heavy atom. The number of amides is 1. The van der Waals surface area contributed by atoms with E-state index in [1.54, 1.807) is 6.92 Å². The molecule has 2 N–H and O–H groups in total. The molecule has 6 heteroatoms. The lowest BCUT2D eigenvalue weighted by Crippen LogP contribution is -2.37. The van der Waals surface area contributed by atoms with Crippen LogP contribution < -0.4 is 10.6 Å². The Morgan fingerprint density at radius 3 is 2.62 bits per heavy atom. The molecule has 1 aliphatic heterocycles. The zero-order valence-corrected chi connectivity index (χ0v) is 9.08. The maximum Gasteiger partial charge on any atom is 0.396 e. The summed E-state index contributed by atoms with van der Waals surface area (Å²) in [6.45, 7) is 2.14. The number of nitrogens with one attached hydrogen (secondary N) is 2. The summed E-state index contributed by atoms with van der Waals surface area (Å²) in [5, 5.41) is 5.35. The van der Waals surface area contributed by atoms with Crippen LogP contribution >= 0.6 is 0 Å². The topological polar surface area (TPSA) is 41.1 Å². The van der Waals surface area contributed by atoms with Crippen LogP contribution in [-0.4, -0.2) is 31.7 Å². The second-order valence-corrected chi connectivity index (χ2v) is 4.77. The van der Waals surface area contributed by atoms with Gasteiger partial charge in [0.25, 0.3) is 0 Å². The molecule has 3 nitrogen and oxygen atoms in total. The summed E-state index contributed by atoms with van der Waals surface area (Å²) in [6.07, 6.45) is -3.73. The maximum absolute atomic E-state index is 12.9. The van der Waals surface area contributed by atoms with Crippen LogP contribution in [0.3, 0.4) is 0 Å². The summed E-state index contributed by atoms with van der Waals surface area (Å²) in [5.74, 6) is -0.191. The molecule has 1 saturated heterocycles. The minimum atomic E-state index is -4.17. The van der Waals surface area contributed by atoms with E-state index in [9.17, 15) is 18.0 Å².